The largest absolute Gasteiger partial charge is 0.496 e. The molecular weight excluding hydrogens is 349 g/mol. The van der Waals surface area contributed by atoms with Gasteiger partial charge in [-0.15, -0.1) is 0 Å². The van der Waals surface area contributed by atoms with Crippen molar-refractivity contribution in [1.82, 2.24) is 15.2 Å². The predicted molar refractivity (Wildman–Crippen MR) is 96.0 cm³/mol. The topological polar surface area (TPSA) is 54.5 Å². The van der Waals surface area contributed by atoms with Crippen LogP contribution in [0.5, 0.6) is 5.75 Å². The Morgan fingerprint density at radius 1 is 1.25 bits per heavy atom. The van der Waals surface area contributed by atoms with E-state index in [9.17, 15) is 4.79 Å². The minimum Gasteiger partial charge on any atom is -0.496 e. The maximum absolute atomic E-state index is 12.4. The highest BCUT2D eigenvalue weighted by Gasteiger charge is 2.20. The maximum atomic E-state index is 12.4. The van der Waals surface area contributed by atoms with Gasteiger partial charge in [0.15, 0.2) is 0 Å². The Morgan fingerprint density at radius 3 is 2.62 bits per heavy atom. The molecule has 0 bridgehead atoms. The van der Waals surface area contributed by atoms with Crippen molar-refractivity contribution in [3.63, 3.8) is 0 Å². The van der Waals surface area contributed by atoms with E-state index in [1.54, 1.807) is 13.2 Å². The second-order valence-corrected chi connectivity index (χ2v) is 6.19. The third-order valence-electron chi connectivity index (χ3n) is 3.60. The molecule has 7 heteroatoms. The van der Waals surface area contributed by atoms with E-state index < -0.39 is 0 Å². The first-order valence-corrected chi connectivity index (χ1v) is 8.09. The number of carbonyl (C=O) groups is 1. The fourth-order valence-electron chi connectivity index (χ4n) is 2.36. The van der Waals surface area contributed by atoms with E-state index in [0.29, 0.717) is 6.54 Å². The zero-order valence-corrected chi connectivity index (χ0v) is 15.2. The van der Waals surface area contributed by atoms with Crippen molar-refractivity contribution in [3.8, 4) is 5.75 Å². The van der Waals surface area contributed by atoms with Gasteiger partial charge in [-0.1, -0.05) is 41.4 Å². The maximum Gasteiger partial charge on any atom is 0.271 e. The molecule has 1 aromatic carbocycles. The van der Waals surface area contributed by atoms with E-state index in [4.69, 9.17) is 27.9 Å². The third-order valence-corrected chi connectivity index (χ3v) is 4.12. The van der Waals surface area contributed by atoms with Gasteiger partial charge < -0.3 is 15.0 Å². The van der Waals surface area contributed by atoms with Crippen LogP contribution in [-0.4, -0.2) is 43.5 Å². The summed E-state index contributed by atoms with van der Waals surface area (Å²) >= 11 is 11.9. The highest BCUT2D eigenvalue weighted by Crippen LogP contribution is 2.27. The third kappa shape index (κ3) is 4.38. The van der Waals surface area contributed by atoms with Gasteiger partial charge in [-0.3, -0.25) is 4.79 Å². The molecule has 2 aromatic rings. The van der Waals surface area contributed by atoms with Gasteiger partial charge in [0.05, 0.1) is 18.2 Å². The van der Waals surface area contributed by atoms with Gasteiger partial charge in [-0.05, 0) is 32.3 Å². The molecule has 1 N–H and O–H groups in total. The number of halogens is 2. The van der Waals surface area contributed by atoms with Gasteiger partial charge in [0.1, 0.15) is 16.6 Å². The Kier molecular flexibility index (Phi) is 6.43. The number of nitrogens with zero attached hydrogens (tertiary/aromatic N) is 2. The Hall–Kier alpha value is -1.82. The molecule has 1 amide bonds. The van der Waals surface area contributed by atoms with Crippen LogP contribution in [0, 0.1) is 0 Å². The molecule has 0 saturated heterocycles. The van der Waals surface area contributed by atoms with Gasteiger partial charge in [0.2, 0.25) is 0 Å². The number of aromatic nitrogens is 1. The van der Waals surface area contributed by atoms with E-state index >= 15 is 0 Å². The van der Waals surface area contributed by atoms with Gasteiger partial charge in [-0.25, -0.2) is 4.98 Å². The summed E-state index contributed by atoms with van der Waals surface area (Å²) in [5, 5.41) is 3.34. The lowest BCUT2D eigenvalue weighted by molar-refractivity contribution is 0.0936. The number of benzene rings is 1. The Bertz CT molecular complexity index is 723. The van der Waals surface area contributed by atoms with Crippen LogP contribution in [-0.2, 0) is 0 Å². The molecule has 24 heavy (non-hydrogen) atoms. The molecule has 0 fully saturated rings. The molecular formula is C17H19Cl2N3O2. The Balaban J connectivity index is 2.17. The van der Waals surface area contributed by atoms with Crippen molar-refractivity contribution in [3.05, 3.63) is 57.8 Å². The smallest absolute Gasteiger partial charge is 0.271 e. The van der Waals surface area contributed by atoms with Crippen molar-refractivity contribution < 1.29 is 9.53 Å². The number of ether oxygens (including phenoxy) is 1. The Morgan fingerprint density at radius 2 is 1.96 bits per heavy atom. The summed E-state index contributed by atoms with van der Waals surface area (Å²) in [5.41, 5.74) is 1.09. The average molecular weight is 368 g/mol. The number of pyridine rings is 1. The van der Waals surface area contributed by atoms with Crippen LogP contribution >= 0.6 is 23.2 Å². The zero-order valence-electron chi connectivity index (χ0n) is 13.7. The van der Waals surface area contributed by atoms with E-state index in [-0.39, 0.29) is 27.8 Å². The lowest BCUT2D eigenvalue weighted by atomic mass is 10.0. The quantitative estimate of drug-likeness (QED) is 0.794. The number of nitrogens with one attached hydrogen (secondary N) is 1. The number of hydrogen-bond donors (Lipinski definition) is 1. The van der Waals surface area contributed by atoms with E-state index in [1.807, 2.05) is 43.3 Å². The minimum atomic E-state index is -0.371. The van der Waals surface area contributed by atoms with Gasteiger partial charge in [0, 0.05) is 12.1 Å². The molecule has 5 nitrogen and oxygen atoms in total. The van der Waals surface area contributed by atoms with Crippen molar-refractivity contribution in [2.45, 2.75) is 6.04 Å². The molecule has 0 radical (unpaired) electrons. The van der Waals surface area contributed by atoms with Crippen LogP contribution in [0.1, 0.15) is 22.1 Å². The van der Waals surface area contributed by atoms with Crippen molar-refractivity contribution in [2.24, 2.45) is 0 Å². The molecule has 0 spiro atoms. The molecule has 1 aromatic heterocycles. The van der Waals surface area contributed by atoms with Crippen LogP contribution in [0.2, 0.25) is 10.2 Å². The molecule has 0 aliphatic carbocycles. The molecule has 2 rings (SSSR count). The van der Waals surface area contributed by atoms with Gasteiger partial charge in [-0.2, -0.15) is 0 Å². The van der Waals surface area contributed by atoms with E-state index in [1.165, 1.54) is 6.07 Å². The second-order valence-electron chi connectivity index (χ2n) is 5.40. The molecule has 0 aliphatic heterocycles. The van der Waals surface area contributed by atoms with Gasteiger partial charge in [0.25, 0.3) is 5.91 Å². The van der Waals surface area contributed by atoms with Crippen molar-refractivity contribution in [2.75, 3.05) is 27.7 Å². The fraction of sp³-hybridized carbons (Fsp3) is 0.294. The second kappa shape index (κ2) is 8.33. The number of methoxy groups -OCH3 is 1. The number of carbonyl (C=O) groups excluding carboxylic acids is 1. The van der Waals surface area contributed by atoms with Crippen LogP contribution < -0.4 is 10.1 Å². The number of amides is 1. The Labute approximate surface area is 151 Å². The minimum absolute atomic E-state index is 0.0666. The van der Waals surface area contributed by atoms with E-state index in [2.05, 4.69) is 10.3 Å². The monoisotopic (exact) mass is 367 g/mol. The first-order chi connectivity index (χ1) is 11.4. The van der Waals surface area contributed by atoms with Crippen LogP contribution in [0.4, 0.5) is 0 Å². The number of para-hydroxylation sites is 1. The molecule has 1 heterocycles. The summed E-state index contributed by atoms with van der Waals surface area (Å²) in [7, 11) is 5.50. The first-order valence-electron chi connectivity index (χ1n) is 7.33. The SMILES string of the molecule is COc1ccccc1C(CNC(=O)c1nc(Cl)ccc1Cl)N(C)C. The van der Waals surface area contributed by atoms with Crippen LogP contribution in [0.15, 0.2) is 36.4 Å². The molecule has 1 unspecified atom stereocenters. The highest BCUT2D eigenvalue weighted by molar-refractivity contribution is 6.34. The summed E-state index contributed by atoms with van der Waals surface area (Å²) in [6, 6.07) is 10.7. The average Bonchev–Trinajstić information content (AvgIpc) is 2.57. The zero-order chi connectivity index (χ0) is 17.7. The fourth-order valence-corrected chi connectivity index (χ4v) is 2.70. The van der Waals surface area contributed by atoms with Gasteiger partial charge >= 0.3 is 0 Å². The number of likely N-dealkylation sites (N-methyl/N-ethyl adjacent to an activating group) is 1. The van der Waals surface area contributed by atoms with Crippen LogP contribution in [0.25, 0.3) is 0 Å². The number of hydrogen-bond acceptors (Lipinski definition) is 4. The van der Waals surface area contributed by atoms with Crippen LogP contribution in [0.3, 0.4) is 0 Å². The van der Waals surface area contributed by atoms with Crippen molar-refractivity contribution >= 4 is 29.1 Å². The summed E-state index contributed by atoms with van der Waals surface area (Å²) in [4.78, 5) is 18.4. The normalized spacial score (nSPS) is 12.1. The summed E-state index contributed by atoms with van der Waals surface area (Å²) in [6.07, 6.45) is 0. The molecule has 0 saturated carbocycles. The standard InChI is InChI=1S/C17H19Cl2N3O2/c1-22(2)13(11-6-4-5-7-14(11)24-3)10-20-17(23)16-12(18)8-9-15(19)21-16/h4-9,13H,10H2,1-3H3,(H,20,23). The highest BCUT2D eigenvalue weighted by atomic mass is 35.5. The summed E-state index contributed by atoms with van der Waals surface area (Å²) in [6.45, 7) is 0.372. The number of rotatable bonds is 6. The first kappa shape index (κ1) is 18.5. The lowest BCUT2D eigenvalue weighted by Crippen LogP contribution is -2.35. The van der Waals surface area contributed by atoms with Crippen molar-refractivity contribution in [1.29, 1.82) is 0 Å². The predicted octanol–water partition coefficient (Wildman–Crippen LogP) is 3.43. The molecule has 128 valence electrons. The molecule has 0 aliphatic rings. The van der Waals surface area contributed by atoms with E-state index in [0.717, 1.165) is 11.3 Å². The summed E-state index contributed by atoms with van der Waals surface area (Å²) in [5.74, 6) is 0.397. The lowest BCUT2D eigenvalue weighted by Gasteiger charge is -2.26. The summed E-state index contributed by atoms with van der Waals surface area (Å²) < 4.78 is 5.41. The molecule has 1 atom stereocenters.